The van der Waals surface area contributed by atoms with Crippen LogP contribution in [0, 0.1) is 11.3 Å². The molecule has 0 aliphatic heterocycles. The fourth-order valence-electron chi connectivity index (χ4n) is 1.23. The quantitative estimate of drug-likeness (QED) is 0.307. The molecule has 4 N–H and O–H groups in total. The third-order valence-electron chi connectivity index (χ3n) is 2.09. The summed E-state index contributed by atoms with van der Waals surface area (Å²) in [5.41, 5.74) is 5.42. The summed E-state index contributed by atoms with van der Waals surface area (Å²) in [5.74, 6) is 0.637. The lowest BCUT2D eigenvalue weighted by atomic mass is 9.99. The highest BCUT2D eigenvalue weighted by Crippen LogP contribution is 2.09. The molecule has 0 bridgehead atoms. The van der Waals surface area contributed by atoms with Crippen LogP contribution in [0.3, 0.4) is 0 Å². The smallest absolute Gasteiger partial charge is 0.0936 e. The third kappa shape index (κ3) is 5.13. The van der Waals surface area contributed by atoms with Crippen molar-refractivity contribution in [2.75, 3.05) is 13.1 Å². The molecule has 1 unspecified atom stereocenters. The Hall–Kier alpha value is -0.570. The van der Waals surface area contributed by atoms with Gasteiger partial charge in [0.1, 0.15) is 0 Å². The van der Waals surface area contributed by atoms with Crippen LogP contribution in [-0.2, 0) is 0 Å². The average Bonchev–Trinajstić information content (AvgIpc) is 2.04. The first-order chi connectivity index (χ1) is 5.72. The topological polar surface area (TPSA) is 61.9 Å². The van der Waals surface area contributed by atoms with E-state index in [1.807, 2.05) is 0 Å². The van der Waals surface area contributed by atoms with Crippen molar-refractivity contribution >= 4 is 5.84 Å². The lowest BCUT2D eigenvalue weighted by molar-refractivity contribution is 0.544. The number of nitrogens with one attached hydrogen (secondary N) is 2. The van der Waals surface area contributed by atoms with E-state index in [2.05, 4.69) is 19.2 Å². The van der Waals surface area contributed by atoms with Gasteiger partial charge in [-0.3, -0.25) is 5.41 Å². The molecule has 3 nitrogen and oxygen atoms in total. The van der Waals surface area contributed by atoms with Gasteiger partial charge in [0.05, 0.1) is 5.84 Å². The van der Waals surface area contributed by atoms with Gasteiger partial charge < -0.3 is 11.1 Å². The van der Waals surface area contributed by atoms with E-state index in [0.717, 1.165) is 32.4 Å². The van der Waals surface area contributed by atoms with Crippen molar-refractivity contribution in [1.82, 2.24) is 5.32 Å². The van der Waals surface area contributed by atoms with E-state index >= 15 is 0 Å². The van der Waals surface area contributed by atoms with E-state index in [9.17, 15) is 0 Å². The molecule has 12 heavy (non-hydrogen) atoms. The lowest BCUT2D eigenvalue weighted by Gasteiger charge is -2.12. The van der Waals surface area contributed by atoms with Gasteiger partial charge in [-0.15, -0.1) is 0 Å². The Labute approximate surface area is 75.2 Å². The Balaban J connectivity index is 3.38. The molecule has 0 aliphatic carbocycles. The summed E-state index contributed by atoms with van der Waals surface area (Å²) in [6, 6.07) is 0. The zero-order valence-electron chi connectivity index (χ0n) is 8.19. The average molecular weight is 171 g/mol. The highest BCUT2D eigenvalue weighted by molar-refractivity contribution is 5.79. The summed E-state index contributed by atoms with van der Waals surface area (Å²) in [6.07, 6.45) is 3.15. The zero-order valence-corrected chi connectivity index (χ0v) is 8.19. The minimum Gasteiger partial charge on any atom is -0.387 e. The van der Waals surface area contributed by atoms with Gasteiger partial charge >= 0.3 is 0 Å². The summed E-state index contributed by atoms with van der Waals surface area (Å²) < 4.78 is 0. The van der Waals surface area contributed by atoms with Crippen LogP contribution in [0.2, 0.25) is 0 Å². The highest BCUT2D eigenvalue weighted by atomic mass is 14.8. The van der Waals surface area contributed by atoms with Crippen LogP contribution in [0.25, 0.3) is 0 Å². The predicted molar refractivity (Wildman–Crippen MR) is 53.5 cm³/mol. The van der Waals surface area contributed by atoms with Gasteiger partial charge in [-0.05, 0) is 32.4 Å². The van der Waals surface area contributed by atoms with Crippen molar-refractivity contribution < 1.29 is 0 Å². The van der Waals surface area contributed by atoms with Crippen LogP contribution >= 0.6 is 0 Å². The third-order valence-corrected chi connectivity index (χ3v) is 2.09. The van der Waals surface area contributed by atoms with Crippen LogP contribution in [0.5, 0.6) is 0 Å². The molecule has 0 aromatic rings. The molecule has 72 valence electrons. The summed E-state index contributed by atoms with van der Waals surface area (Å²) in [4.78, 5) is 0. The molecule has 0 amide bonds. The van der Waals surface area contributed by atoms with E-state index in [0.29, 0.717) is 11.8 Å². The van der Waals surface area contributed by atoms with Gasteiger partial charge in [0, 0.05) is 5.92 Å². The van der Waals surface area contributed by atoms with Crippen molar-refractivity contribution in [2.45, 2.75) is 33.1 Å². The molecule has 0 saturated heterocycles. The zero-order chi connectivity index (χ0) is 9.40. The van der Waals surface area contributed by atoms with E-state index in [1.54, 1.807) is 0 Å². The molecule has 0 aromatic carbocycles. The monoisotopic (exact) mass is 171 g/mol. The molecule has 0 radical (unpaired) electrons. The standard InChI is InChI=1S/C9H21N3/c1-3-8(9(10)11)6-5-7-12-4-2/h8,12H,3-7H2,1-2H3,(H3,10,11). The number of rotatable bonds is 7. The first kappa shape index (κ1) is 11.4. The van der Waals surface area contributed by atoms with E-state index in [1.165, 1.54) is 0 Å². The van der Waals surface area contributed by atoms with Gasteiger partial charge in [0.15, 0.2) is 0 Å². The minimum atomic E-state index is 0.295. The molecule has 0 rings (SSSR count). The Kier molecular flexibility index (Phi) is 6.76. The number of amidine groups is 1. The molecule has 0 aromatic heterocycles. The maximum atomic E-state index is 7.29. The Morgan fingerprint density at radius 1 is 1.50 bits per heavy atom. The van der Waals surface area contributed by atoms with Crippen LogP contribution in [-0.4, -0.2) is 18.9 Å². The van der Waals surface area contributed by atoms with Crippen LogP contribution in [0.15, 0.2) is 0 Å². The Morgan fingerprint density at radius 2 is 2.17 bits per heavy atom. The molecule has 0 heterocycles. The maximum absolute atomic E-state index is 7.29. The molecule has 0 fully saturated rings. The number of hydrogen-bond donors (Lipinski definition) is 3. The Bertz CT molecular complexity index is 123. The van der Waals surface area contributed by atoms with Gasteiger partial charge in [-0.2, -0.15) is 0 Å². The molecular formula is C9H21N3. The molecule has 1 atom stereocenters. The summed E-state index contributed by atoms with van der Waals surface area (Å²) in [7, 11) is 0. The van der Waals surface area contributed by atoms with Gasteiger partial charge in [-0.25, -0.2) is 0 Å². The second-order valence-electron chi connectivity index (χ2n) is 3.06. The van der Waals surface area contributed by atoms with Crippen molar-refractivity contribution in [3.63, 3.8) is 0 Å². The van der Waals surface area contributed by atoms with E-state index in [4.69, 9.17) is 11.1 Å². The van der Waals surface area contributed by atoms with Gasteiger partial charge in [0.2, 0.25) is 0 Å². The second-order valence-corrected chi connectivity index (χ2v) is 3.06. The van der Waals surface area contributed by atoms with E-state index < -0.39 is 0 Å². The van der Waals surface area contributed by atoms with Crippen LogP contribution in [0.4, 0.5) is 0 Å². The molecule has 3 heteroatoms. The SMILES string of the molecule is CCNCCCC(CC)C(=N)N. The van der Waals surface area contributed by atoms with Crippen molar-refractivity contribution in [3.05, 3.63) is 0 Å². The van der Waals surface area contributed by atoms with Crippen LogP contribution in [0.1, 0.15) is 33.1 Å². The first-order valence-electron chi connectivity index (χ1n) is 4.77. The summed E-state index contributed by atoms with van der Waals surface area (Å²) in [6.45, 7) is 6.25. The largest absolute Gasteiger partial charge is 0.387 e. The molecule has 0 saturated carbocycles. The lowest BCUT2D eigenvalue weighted by Crippen LogP contribution is -2.23. The number of hydrogen-bond acceptors (Lipinski definition) is 2. The summed E-state index contributed by atoms with van der Waals surface area (Å²) in [5, 5.41) is 10.5. The number of nitrogens with two attached hydrogens (primary N) is 1. The second kappa shape index (κ2) is 7.10. The van der Waals surface area contributed by atoms with Gasteiger partial charge in [0.25, 0.3) is 0 Å². The van der Waals surface area contributed by atoms with Crippen LogP contribution < -0.4 is 11.1 Å². The Morgan fingerprint density at radius 3 is 2.58 bits per heavy atom. The van der Waals surface area contributed by atoms with Crippen molar-refractivity contribution in [1.29, 1.82) is 5.41 Å². The molecular weight excluding hydrogens is 150 g/mol. The fourth-order valence-corrected chi connectivity index (χ4v) is 1.23. The maximum Gasteiger partial charge on any atom is 0.0936 e. The van der Waals surface area contributed by atoms with Gasteiger partial charge in [-0.1, -0.05) is 13.8 Å². The van der Waals surface area contributed by atoms with Crippen molar-refractivity contribution in [2.24, 2.45) is 11.7 Å². The first-order valence-corrected chi connectivity index (χ1v) is 4.77. The highest BCUT2D eigenvalue weighted by Gasteiger charge is 2.07. The van der Waals surface area contributed by atoms with E-state index in [-0.39, 0.29) is 0 Å². The summed E-state index contributed by atoms with van der Waals surface area (Å²) >= 11 is 0. The minimum absolute atomic E-state index is 0.295. The molecule has 0 spiro atoms. The predicted octanol–water partition coefficient (Wildman–Crippen LogP) is 1.34. The van der Waals surface area contributed by atoms with Crippen molar-refractivity contribution in [3.8, 4) is 0 Å². The fraction of sp³-hybridized carbons (Fsp3) is 0.889. The normalized spacial score (nSPS) is 12.8. The molecule has 0 aliphatic rings.